The van der Waals surface area contributed by atoms with Crippen LogP contribution >= 0.6 is 11.6 Å². The Morgan fingerprint density at radius 3 is 2.78 bits per heavy atom. The van der Waals surface area contributed by atoms with Gasteiger partial charge in [-0.3, -0.25) is 4.79 Å². The molecule has 3 N–H and O–H groups in total. The Kier molecular flexibility index (Phi) is 5.08. The molecule has 1 fully saturated rings. The summed E-state index contributed by atoms with van der Waals surface area (Å²) >= 11 is 6.35. The molecule has 2 aromatic carbocycles. The molecule has 0 bridgehead atoms. The minimum atomic E-state index is -0.775. The molecular weight excluding hydrogens is 360 g/mol. The van der Waals surface area contributed by atoms with E-state index in [-0.39, 0.29) is 6.42 Å². The summed E-state index contributed by atoms with van der Waals surface area (Å²) in [5.41, 5.74) is 5.21. The van der Waals surface area contributed by atoms with Crippen LogP contribution in [0.2, 0.25) is 5.02 Å². The summed E-state index contributed by atoms with van der Waals surface area (Å²) in [6, 6.07) is 14.6. The second-order valence-electron chi connectivity index (χ2n) is 7.32. The number of aromatic amines is 1. The number of benzene rings is 2. The van der Waals surface area contributed by atoms with E-state index in [1.807, 2.05) is 30.3 Å². The molecule has 1 saturated carbocycles. The molecule has 27 heavy (non-hydrogen) atoms. The van der Waals surface area contributed by atoms with Crippen LogP contribution in [0.15, 0.2) is 42.5 Å². The maximum absolute atomic E-state index is 10.8. The molecule has 0 amide bonds. The molecule has 0 spiro atoms. The fraction of sp³-hybridized carbons (Fsp3) is 0.318. The zero-order valence-electron chi connectivity index (χ0n) is 15.1. The molecule has 1 heterocycles. The molecule has 1 aliphatic rings. The van der Waals surface area contributed by atoms with E-state index in [2.05, 4.69) is 22.4 Å². The van der Waals surface area contributed by atoms with Crippen LogP contribution in [0.5, 0.6) is 0 Å². The second kappa shape index (κ2) is 7.65. The molecule has 0 aliphatic heterocycles. The third kappa shape index (κ3) is 4.11. The average Bonchev–Trinajstić information content (AvgIpc) is 3.30. The highest BCUT2D eigenvalue weighted by Crippen LogP contribution is 2.34. The summed E-state index contributed by atoms with van der Waals surface area (Å²) in [4.78, 5) is 14.4. The highest BCUT2D eigenvalue weighted by Gasteiger charge is 2.17. The van der Waals surface area contributed by atoms with Crippen LogP contribution in [0.3, 0.4) is 0 Å². The first-order valence-corrected chi connectivity index (χ1v) is 9.86. The average molecular weight is 383 g/mol. The summed E-state index contributed by atoms with van der Waals surface area (Å²) < 4.78 is 0. The van der Waals surface area contributed by atoms with Gasteiger partial charge < -0.3 is 15.4 Å². The van der Waals surface area contributed by atoms with Gasteiger partial charge in [-0.05, 0) is 54.7 Å². The third-order valence-electron chi connectivity index (χ3n) is 5.27. The number of rotatable bonds is 6. The van der Waals surface area contributed by atoms with Gasteiger partial charge in [-0.25, -0.2) is 0 Å². The Morgan fingerprint density at radius 2 is 2.00 bits per heavy atom. The Labute approximate surface area is 163 Å². The number of halogens is 1. The van der Waals surface area contributed by atoms with Gasteiger partial charge in [-0.15, -0.1) is 0 Å². The van der Waals surface area contributed by atoms with Crippen molar-refractivity contribution >= 4 is 34.2 Å². The maximum atomic E-state index is 10.8. The zero-order valence-corrected chi connectivity index (χ0v) is 15.9. The summed E-state index contributed by atoms with van der Waals surface area (Å²) in [6.45, 7) is 0. The van der Waals surface area contributed by atoms with Crippen molar-refractivity contribution in [3.63, 3.8) is 0 Å². The Balaban J connectivity index is 1.66. The van der Waals surface area contributed by atoms with Crippen molar-refractivity contribution in [3.05, 3.63) is 53.1 Å². The van der Waals surface area contributed by atoms with Crippen LogP contribution in [0, 0.1) is 0 Å². The predicted octanol–water partition coefficient (Wildman–Crippen LogP) is 5.86. The van der Waals surface area contributed by atoms with E-state index >= 15 is 0 Å². The van der Waals surface area contributed by atoms with E-state index in [0.29, 0.717) is 12.5 Å². The van der Waals surface area contributed by atoms with Crippen molar-refractivity contribution in [3.8, 4) is 11.3 Å². The Hall–Kier alpha value is -2.46. The maximum Gasteiger partial charge on any atom is 0.303 e. The summed E-state index contributed by atoms with van der Waals surface area (Å²) in [7, 11) is 0. The summed E-state index contributed by atoms with van der Waals surface area (Å²) in [5.74, 6) is -0.775. The molecule has 1 aromatic heterocycles. The summed E-state index contributed by atoms with van der Waals surface area (Å²) in [5, 5.41) is 14.4. The van der Waals surface area contributed by atoms with E-state index in [4.69, 9.17) is 16.7 Å². The molecule has 5 heteroatoms. The molecule has 0 atom stereocenters. The molecule has 3 aromatic rings. The van der Waals surface area contributed by atoms with Crippen molar-refractivity contribution in [1.82, 2.24) is 4.98 Å². The van der Waals surface area contributed by atoms with Crippen molar-refractivity contribution in [2.24, 2.45) is 0 Å². The van der Waals surface area contributed by atoms with E-state index < -0.39 is 5.97 Å². The van der Waals surface area contributed by atoms with Gasteiger partial charge in [-0.2, -0.15) is 0 Å². The third-order valence-corrected chi connectivity index (χ3v) is 5.49. The number of aliphatic carboxylic acids is 1. The highest BCUT2D eigenvalue weighted by molar-refractivity contribution is 6.32. The van der Waals surface area contributed by atoms with Crippen LogP contribution in [-0.4, -0.2) is 22.1 Å². The van der Waals surface area contributed by atoms with Gasteiger partial charge >= 0.3 is 5.97 Å². The zero-order chi connectivity index (χ0) is 18.8. The SMILES string of the molecule is O=C(O)CCc1cccc(-c2cc3cc(Cl)cc(NC4CCCC4)c3[nH]2)c1. The molecular formula is C22H23ClN2O2. The van der Waals surface area contributed by atoms with E-state index in [0.717, 1.165) is 38.4 Å². The van der Waals surface area contributed by atoms with Crippen LogP contribution in [0.1, 0.15) is 37.7 Å². The number of anilines is 1. The van der Waals surface area contributed by atoms with Gasteiger partial charge in [0.25, 0.3) is 0 Å². The van der Waals surface area contributed by atoms with Crippen LogP contribution < -0.4 is 5.32 Å². The minimum Gasteiger partial charge on any atom is -0.481 e. The van der Waals surface area contributed by atoms with Gasteiger partial charge in [-0.1, -0.05) is 42.6 Å². The fourth-order valence-electron chi connectivity index (χ4n) is 3.91. The first kappa shape index (κ1) is 17.9. The van der Waals surface area contributed by atoms with Gasteiger partial charge in [0.05, 0.1) is 11.2 Å². The lowest BCUT2D eigenvalue weighted by Crippen LogP contribution is -2.14. The molecule has 140 valence electrons. The summed E-state index contributed by atoms with van der Waals surface area (Å²) in [6.07, 6.45) is 5.63. The van der Waals surface area contributed by atoms with Crippen LogP contribution in [-0.2, 0) is 11.2 Å². The van der Waals surface area contributed by atoms with E-state index in [1.165, 1.54) is 25.7 Å². The van der Waals surface area contributed by atoms with E-state index in [9.17, 15) is 4.79 Å². The minimum absolute atomic E-state index is 0.140. The largest absolute Gasteiger partial charge is 0.481 e. The van der Waals surface area contributed by atoms with Crippen LogP contribution in [0.25, 0.3) is 22.2 Å². The number of hydrogen-bond acceptors (Lipinski definition) is 2. The molecule has 4 nitrogen and oxygen atoms in total. The number of nitrogens with one attached hydrogen (secondary N) is 2. The van der Waals surface area contributed by atoms with Gasteiger partial charge in [0, 0.05) is 28.6 Å². The van der Waals surface area contributed by atoms with Crippen molar-refractivity contribution in [2.45, 2.75) is 44.6 Å². The van der Waals surface area contributed by atoms with Crippen molar-refractivity contribution in [2.75, 3.05) is 5.32 Å². The Bertz CT molecular complexity index is 974. The normalized spacial score (nSPS) is 14.7. The Morgan fingerprint density at radius 1 is 1.19 bits per heavy atom. The number of carboxylic acids is 1. The standard InChI is InChI=1S/C22H23ClN2O2/c23-17-11-16-12-19(15-5-3-4-14(10-15)8-9-21(26)27)25-22(16)20(13-17)24-18-6-1-2-7-18/h3-5,10-13,18,24-25H,1-2,6-9H2,(H,26,27). The van der Waals surface area contributed by atoms with Crippen LogP contribution in [0.4, 0.5) is 5.69 Å². The molecule has 0 saturated heterocycles. The second-order valence-corrected chi connectivity index (χ2v) is 7.76. The van der Waals surface area contributed by atoms with Crippen molar-refractivity contribution < 1.29 is 9.90 Å². The fourth-order valence-corrected chi connectivity index (χ4v) is 4.14. The number of aryl methyl sites for hydroxylation is 1. The van der Waals surface area contributed by atoms with Crippen molar-refractivity contribution in [1.29, 1.82) is 0 Å². The topological polar surface area (TPSA) is 65.1 Å². The van der Waals surface area contributed by atoms with Gasteiger partial charge in [0.1, 0.15) is 0 Å². The highest BCUT2D eigenvalue weighted by atomic mass is 35.5. The lowest BCUT2D eigenvalue weighted by Gasteiger charge is -2.14. The van der Waals surface area contributed by atoms with Gasteiger partial charge in [0.15, 0.2) is 0 Å². The molecule has 1 aliphatic carbocycles. The lowest BCUT2D eigenvalue weighted by molar-refractivity contribution is -0.136. The number of hydrogen-bond donors (Lipinski definition) is 3. The first-order chi connectivity index (χ1) is 13.1. The first-order valence-electron chi connectivity index (χ1n) is 9.48. The monoisotopic (exact) mass is 382 g/mol. The number of H-pyrrole nitrogens is 1. The molecule has 4 rings (SSSR count). The molecule has 0 radical (unpaired) electrons. The number of carboxylic acid groups (broad SMARTS) is 1. The molecule has 0 unspecified atom stereocenters. The van der Waals surface area contributed by atoms with Gasteiger partial charge in [0.2, 0.25) is 0 Å². The smallest absolute Gasteiger partial charge is 0.303 e. The lowest BCUT2D eigenvalue weighted by atomic mass is 10.0. The van der Waals surface area contributed by atoms with E-state index in [1.54, 1.807) is 0 Å². The number of fused-ring (bicyclic) bond motifs is 1. The quantitative estimate of drug-likeness (QED) is 0.500. The number of aromatic nitrogens is 1. The predicted molar refractivity (Wildman–Crippen MR) is 111 cm³/mol. The number of carbonyl (C=O) groups is 1.